The molecule has 6 aromatic carbocycles. The lowest BCUT2D eigenvalue weighted by molar-refractivity contribution is -0.149. The molecule has 131 heavy (non-hydrogen) atoms. The van der Waals surface area contributed by atoms with E-state index >= 15 is 0 Å². The Morgan fingerprint density at radius 1 is 0.351 bits per heavy atom. The summed E-state index contributed by atoms with van der Waals surface area (Å²) in [6, 6.07) is 40.9. The Hall–Kier alpha value is -5.33. The Morgan fingerprint density at radius 3 is 1.08 bits per heavy atom. The van der Waals surface area contributed by atoms with Gasteiger partial charge in [0.15, 0.2) is 0 Å². The van der Waals surface area contributed by atoms with Crippen LogP contribution in [0.25, 0.3) is 0 Å². The first-order valence-corrected chi connectivity index (χ1v) is 56.0. The van der Waals surface area contributed by atoms with Crippen LogP contribution in [-0.2, 0) is 41.7 Å². The number of hydrogen-bond donors (Lipinski definition) is 6. The number of carbonyl (C=O) groups is 2. The third-order valence-corrected chi connectivity index (χ3v) is 45.7. The predicted molar refractivity (Wildman–Crippen MR) is 547 cm³/mol. The minimum atomic E-state index is -0.647. The van der Waals surface area contributed by atoms with Crippen molar-refractivity contribution in [2.24, 2.45) is 102 Å². The van der Waals surface area contributed by atoms with Gasteiger partial charge >= 0.3 is 0 Å². The highest BCUT2D eigenvalue weighted by Crippen LogP contribution is 2.78. The van der Waals surface area contributed by atoms with Crippen LogP contribution in [-0.4, -0.2) is 68.1 Å². The lowest BCUT2D eigenvalue weighted by atomic mass is 9.44. The van der Waals surface area contributed by atoms with Gasteiger partial charge in [-0.2, -0.15) is 0 Å². The molecule has 2 unspecified atom stereocenters. The number of ketones is 2. The van der Waals surface area contributed by atoms with Crippen LogP contribution in [0.2, 0.25) is 0 Å². The molecule has 0 aromatic heterocycles. The number of fused-ring (bicyclic) bond motifs is 16. The molecule has 14 aliphatic carbocycles. The Bertz CT molecular complexity index is 5030. The molecular weight excluding hydrogens is 1670 g/mol. The number of benzene rings is 6. The number of rotatable bonds is 18. The van der Waals surface area contributed by atoms with Crippen molar-refractivity contribution in [1.82, 2.24) is 0 Å². The maximum absolute atomic E-state index is 12.6. The highest BCUT2D eigenvalue weighted by Gasteiger charge is 2.69. The smallest absolute Gasteiger partial charge is 0.139 e. The van der Waals surface area contributed by atoms with Crippen molar-refractivity contribution in [1.29, 1.82) is 0 Å². The molecule has 18 atom stereocenters. The molecule has 11 heteroatoms. The molecule has 1 heterocycles. The fraction of sp³-hybridized carbons (Fsp3) is 0.683. The van der Waals surface area contributed by atoms with E-state index in [0.717, 1.165) is 132 Å². The maximum Gasteiger partial charge on any atom is 0.139 e. The highest BCUT2D eigenvalue weighted by atomic mass is 32.2. The van der Waals surface area contributed by atoms with E-state index in [9.17, 15) is 40.2 Å². The van der Waals surface area contributed by atoms with E-state index in [0.29, 0.717) is 137 Å². The Labute approximate surface area is 804 Å². The molecule has 0 bridgehead atoms. The Kier molecular flexibility index (Phi) is 28.3. The van der Waals surface area contributed by atoms with Crippen LogP contribution in [0.1, 0.15) is 407 Å². The summed E-state index contributed by atoms with van der Waals surface area (Å²) in [5.74, 6) is 15.4. The molecule has 1 saturated heterocycles. The number of phenols is 5. The van der Waals surface area contributed by atoms with Crippen molar-refractivity contribution < 1.29 is 40.2 Å². The molecule has 1 aliphatic heterocycles. The summed E-state index contributed by atoms with van der Waals surface area (Å²) in [7, 11) is 0. The minimum Gasteiger partial charge on any atom is -0.508 e. The third kappa shape index (κ3) is 18.9. The van der Waals surface area contributed by atoms with Crippen molar-refractivity contribution >= 4 is 46.9 Å². The van der Waals surface area contributed by atoms with Gasteiger partial charge in [-0.3, -0.25) is 9.59 Å². The second-order valence-corrected chi connectivity index (χ2v) is 54.4. The number of Topliss-reactive ketones (excluding diaryl/α,β-unsaturated/α-hetero) is 2. The average molecular weight is 1830 g/mol. The van der Waals surface area contributed by atoms with E-state index in [1.807, 2.05) is 60.3 Å². The van der Waals surface area contributed by atoms with Crippen LogP contribution in [0, 0.1) is 102 Å². The first kappa shape index (κ1) is 97.3. The lowest BCUT2D eigenvalue weighted by Crippen LogP contribution is -2.59. The number of aliphatic hydroxyl groups is 1. The third-order valence-electron chi connectivity index (χ3n) is 40.0. The summed E-state index contributed by atoms with van der Waals surface area (Å²) in [5, 5.41) is 62.1. The highest BCUT2D eigenvalue weighted by molar-refractivity contribution is 8.21. The summed E-state index contributed by atoms with van der Waals surface area (Å²) in [6.07, 6.45) is 47.0. The van der Waals surface area contributed by atoms with Gasteiger partial charge in [-0.25, -0.2) is 0 Å². The number of hydrogen-bond acceptors (Lipinski definition) is 11. The van der Waals surface area contributed by atoms with Gasteiger partial charge in [-0.1, -0.05) is 191 Å². The van der Waals surface area contributed by atoms with Crippen LogP contribution in [0.5, 0.6) is 28.7 Å². The molecule has 714 valence electrons. The fourth-order valence-electron chi connectivity index (χ4n) is 31.0. The molecule has 6 N–H and O–H groups in total. The summed E-state index contributed by atoms with van der Waals surface area (Å²) in [4.78, 5) is 26.2. The summed E-state index contributed by atoms with van der Waals surface area (Å²) in [5.41, 5.74) is 16.2. The van der Waals surface area contributed by atoms with Crippen LogP contribution in [0.4, 0.5) is 0 Å². The van der Waals surface area contributed by atoms with E-state index in [1.54, 1.807) is 17.2 Å². The van der Waals surface area contributed by atoms with Gasteiger partial charge in [0.1, 0.15) is 40.3 Å². The second kappa shape index (κ2) is 38.1. The largest absolute Gasteiger partial charge is 0.508 e. The summed E-state index contributed by atoms with van der Waals surface area (Å²) < 4.78 is 0.471. The van der Waals surface area contributed by atoms with Gasteiger partial charge in [0.2, 0.25) is 0 Å². The Morgan fingerprint density at radius 2 is 0.718 bits per heavy atom. The normalized spacial score (nSPS) is 34.7. The van der Waals surface area contributed by atoms with Gasteiger partial charge in [0, 0.05) is 45.8 Å². The molecule has 6 aromatic rings. The predicted octanol–water partition coefficient (Wildman–Crippen LogP) is 31.5. The zero-order valence-corrected chi connectivity index (χ0v) is 85.9. The van der Waals surface area contributed by atoms with Crippen molar-refractivity contribution in [3.63, 3.8) is 0 Å². The average Bonchev–Trinajstić information content (AvgIpc) is 1.68. The molecule has 8 nitrogen and oxygen atoms in total. The molecule has 10 fully saturated rings. The van der Waals surface area contributed by atoms with E-state index in [2.05, 4.69) is 194 Å². The number of thioether (sulfide) groups is 3. The van der Waals surface area contributed by atoms with Crippen LogP contribution >= 0.6 is 35.3 Å². The van der Waals surface area contributed by atoms with Gasteiger partial charge < -0.3 is 30.6 Å². The Balaban J connectivity index is 0.000000115. The van der Waals surface area contributed by atoms with E-state index in [4.69, 9.17) is 0 Å². The van der Waals surface area contributed by atoms with Crippen LogP contribution < -0.4 is 0 Å². The van der Waals surface area contributed by atoms with Gasteiger partial charge in [0.05, 0.1) is 9.68 Å². The molecular formula is C120H168O8S3. The summed E-state index contributed by atoms with van der Waals surface area (Å²) >= 11 is 6.54. The maximum atomic E-state index is 12.6. The van der Waals surface area contributed by atoms with Crippen LogP contribution in [0.15, 0.2) is 126 Å². The summed E-state index contributed by atoms with van der Waals surface area (Å²) in [6.45, 7) is 36.0. The lowest BCUT2D eigenvalue weighted by Gasteiger charge is -2.66. The fourth-order valence-corrected chi connectivity index (χ4v) is 36.2. The number of aryl methyl sites for hydroxylation is 5. The van der Waals surface area contributed by atoms with E-state index in [1.165, 1.54) is 202 Å². The molecule has 0 radical (unpaired) electrons. The number of phenolic OH excluding ortho intramolecular Hbond substituents is 5. The standard InChI is InChI=1S/C29H38O2S.C25H36OS2.C23H32O2.C23H34O.C20H28O2/c1-20(2)9-10-22-18-28(31,29(15-16-29)32-24-7-5-4-6-8-24)19-26-25-12-11-23(30)17-21(25)13-14-27(22,26)3;1-17(2)4-5-19-15-24(10-11-25(24)27-12-13-28-25)16-22-21-7-6-20(26)14-18(21)8-9-23(19,22)3;1-15(2)4-5-17-13-23(11-9-21(23)25)14-20-19-7-6-18(24)12-16(19)8-10-22(17,20)3;1-16(2)5-6-18-14-23(10-4-11-23)15-21-20-8-7-19(24)13-17(20)9-12-22(18,21)3;1-13(2)4-5-15-11-17(22)12-19-18-7-6-16(21)10-14(18)8-9-20(15,19)3/h4-8,11-12,17,20,22,26,30-31H,9-10,13-16,18-19H2,1-3H3;6-7,14,17,19,22,26H,4-5,8-13,15-16H2,1-3H3;6-7,12,15,17,20,24H,4-5,8-11,13-14H2,1-3H3;7-8,13,16,18,21,24H,4-6,9-12,14-15H2,1-3H3;6-7,10,13,15,19,21H,4-5,8-9,11-12H2,1-3H3/t22-,26+,27-,28+;19-,22+,23-,24?;17-,20+,22-,23?;18-,21+,22-;15-,19+,20-/m00000/s1. The van der Waals surface area contributed by atoms with Crippen molar-refractivity contribution in [3.05, 3.63) is 177 Å². The molecule has 4 spiro atoms. The van der Waals surface area contributed by atoms with Crippen molar-refractivity contribution in [2.45, 2.75) is 403 Å². The zero-order valence-electron chi connectivity index (χ0n) is 83.4. The van der Waals surface area contributed by atoms with E-state index in [-0.39, 0.29) is 21.0 Å². The first-order valence-electron chi connectivity index (χ1n) is 53.2. The molecule has 15 aliphatic rings. The molecule has 0 amide bonds. The number of carbonyl (C=O) groups excluding carboxylic acids is 2. The van der Waals surface area contributed by atoms with Gasteiger partial charge in [0.25, 0.3) is 0 Å². The zero-order chi connectivity index (χ0) is 92.8. The molecule has 9 saturated carbocycles. The monoisotopic (exact) mass is 1830 g/mol. The van der Waals surface area contributed by atoms with E-state index < -0.39 is 5.60 Å². The molecule has 21 rings (SSSR count). The van der Waals surface area contributed by atoms with Crippen molar-refractivity contribution in [3.8, 4) is 28.7 Å². The minimum absolute atomic E-state index is 0.0294. The quantitative estimate of drug-likeness (QED) is 0.0487. The SMILES string of the molecule is CC(C)CC[C@H]1CC(=O)C[C@@H]2c3ccc(O)cc3CC[C@@]12C.CC(C)CC[C@H]1CC2(CCC2)C[C@@H]2c3ccc(O)cc3CC[C@@]12C.CC(C)CC[C@H]1CC2(CCC23SCCS3)C[C@@H]2c3ccc(O)cc3CC[C@@]12C.CC(C)CC[C@H]1CC2(CCC2=O)C[C@@H]2c3ccc(O)cc3CC[C@@]12C.CC(C)CC[C@H]1C[C@](O)(C2(Sc3ccccc3)CC2)C[C@@H]2c3ccc(O)cc3CC[C@@]12C. The topological polar surface area (TPSA) is 156 Å². The van der Waals surface area contributed by atoms with Gasteiger partial charge in [-0.05, 0) is 448 Å². The first-order chi connectivity index (χ1) is 62.3. The second-order valence-electron chi connectivity index (χ2n) is 49.9. The van der Waals surface area contributed by atoms with Gasteiger partial charge in [-0.15, -0.1) is 35.3 Å². The van der Waals surface area contributed by atoms with Crippen molar-refractivity contribution in [2.75, 3.05) is 11.5 Å². The van der Waals surface area contributed by atoms with Crippen LogP contribution in [0.3, 0.4) is 0 Å². The number of aromatic hydroxyl groups is 5.